The van der Waals surface area contributed by atoms with Crippen molar-refractivity contribution in [2.45, 2.75) is 13.5 Å². The highest BCUT2D eigenvalue weighted by atomic mass is 35.5. The van der Waals surface area contributed by atoms with Crippen molar-refractivity contribution in [3.05, 3.63) is 57.4 Å². The number of hydrogen-bond acceptors (Lipinski definition) is 3. The predicted octanol–water partition coefficient (Wildman–Crippen LogP) is 4.87. The zero-order chi connectivity index (χ0) is 13.2. The summed E-state index contributed by atoms with van der Waals surface area (Å²) in [7, 11) is 0. The number of pyridine rings is 1. The molecule has 3 aromatic rings. The molecular weight excluding hydrogens is 276 g/mol. The second-order valence-corrected chi connectivity index (χ2v) is 5.85. The summed E-state index contributed by atoms with van der Waals surface area (Å²) in [4.78, 5) is 5.83. The summed E-state index contributed by atoms with van der Waals surface area (Å²) in [6.07, 6.45) is 0. The molecule has 0 atom stereocenters. The van der Waals surface area contributed by atoms with Crippen LogP contribution >= 0.6 is 22.9 Å². The van der Waals surface area contributed by atoms with Gasteiger partial charge in [-0.1, -0.05) is 29.8 Å². The molecule has 2 aromatic heterocycles. The average molecular weight is 289 g/mol. The van der Waals surface area contributed by atoms with Gasteiger partial charge in [-0.15, -0.1) is 11.3 Å². The van der Waals surface area contributed by atoms with Crippen molar-refractivity contribution in [2.24, 2.45) is 0 Å². The van der Waals surface area contributed by atoms with Crippen LogP contribution in [0.3, 0.4) is 0 Å². The van der Waals surface area contributed by atoms with Gasteiger partial charge in [-0.25, -0.2) is 0 Å². The molecule has 0 saturated heterocycles. The first kappa shape index (κ1) is 12.5. The maximum atomic E-state index is 5.93. The summed E-state index contributed by atoms with van der Waals surface area (Å²) in [5.41, 5.74) is 3.11. The van der Waals surface area contributed by atoms with Crippen LogP contribution in [0, 0.1) is 6.92 Å². The zero-order valence-electron chi connectivity index (χ0n) is 10.5. The standard InChI is InChI=1S/C15H13ClN2S/c1-10-5-6-11-3-2-4-14(15(11)18-10)17-8-13-7-12(16)9-19-13/h2-7,9,17H,8H2,1H3. The normalized spacial score (nSPS) is 10.8. The van der Waals surface area contributed by atoms with Gasteiger partial charge in [0.1, 0.15) is 0 Å². The SMILES string of the molecule is Cc1ccc2cccc(NCc3cc(Cl)cs3)c2n1. The molecule has 2 nitrogen and oxygen atoms in total. The van der Waals surface area contributed by atoms with Gasteiger partial charge in [0.2, 0.25) is 0 Å². The van der Waals surface area contributed by atoms with Crippen LogP contribution in [0.15, 0.2) is 41.8 Å². The molecule has 0 aliphatic carbocycles. The average Bonchev–Trinajstić information content (AvgIpc) is 2.82. The number of thiophene rings is 1. The Morgan fingerprint density at radius 1 is 1.26 bits per heavy atom. The molecule has 1 N–H and O–H groups in total. The van der Waals surface area contributed by atoms with E-state index in [2.05, 4.69) is 28.5 Å². The van der Waals surface area contributed by atoms with Gasteiger partial charge in [-0.05, 0) is 25.1 Å². The zero-order valence-corrected chi connectivity index (χ0v) is 12.1. The number of fused-ring (bicyclic) bond motifs is 1. The lowest BCUT2D eigenvalue weighted by Crippen LogP contribution is -1.99. The molecule has 96 valence electrons. The van der Waals surface area contributed by atoms with E-state index in [-0.39, 0.29) is 0 Å². The Morgan fingerprint density at radius 3 is 2.95 bits per heavy atom. The van der Waals surface area contributed by atoms with Gasteiger partial charge < -0.3 is 5.32 Å². The molecule has 0 radical (unpaired) electrons. The first-order valence-electron chi connectivity index (χ1n) is 6.05. The van der Waals surface area contributed by atoms with E-state index in [9.17, 15) is 0 Å². The van der Waals surface area contributed by atoms with E-state index in [0.29, 0.717) is 0 Å². The molecule has 0 fully saturated rings. The van der Waals surface area contributed by atoms with Gasteiger partial charge in [0.25, 0.3) is 0 Å². The summed E-state index contributed by atoms with van der Waals surface area (Å²) in [5, 5.41) is 7.33. The fraction of sp³-hybridized carbons (Fsp3) is 0.133. The summed E-state index contributed by atoms with van der Waals surface area (Å²) >= 11 is 7.59. The molecule has 4 heteroatoms. The summed E-state index contributed by atoms with van der Waals surface area (Å²) in [5.74, 6) is 0. The van der Waals surface area contributed by atoms with Crippen LogP contribution < -0.4 is 5.32 Å². The number of nitrogens with one attached hydrogen (secondary N) is 1. The second kappa shape index (κ2) is 5.19. The molecule has 1 aromatic carbocycles. The third kappa shape index (κ3) is 2.72. The van der Waals surface area contributed by atoms with Crippen LogP contribution in [0.5, 0.6) is 0 Å². The maximum absolute atomic E-state index is 5.93. The number of halogens is 1. The van der Waals surface area contributed by atoms with E-state index in [1.807, 2.05) is 30.5 Å². The highest BCUT2D eigenvalue weighted by Crippen LogP contribution is 2.24. The number of hydrogen-bond donors (Lipinski definition) is 1. The van der Waals surface area contributed by atoms with Crippen molar-refractivity contribution in [3.8, 4) is 0 Å². The lowest BCUT2D eigenvalue weighted by molar-refractivity contribution is 1.18. The van der Waals surface area contributed by atoms with Crippen LogP contribution in [-0.4, -0.2) is 4.98 Å². The third-order valence-corrected chi connectivity index (χ3v) is 4.22. The largest absolute Gasteiger partial charge is 0.378 e. The number of aryl methyl sites for hydroxylation is 1. The number of benzene rings is 1. The molecule has 0 bridgehead atoms. The second-order valence-electron chi connectivity index (χ2n) is 4.41. The highest BCUT2D eigenvalue weighted by molar-refractivity contribution is 7.10. The van der Waals surface area contributed by atoms with E-state index in [1.54, 1.807) is 11.3 Å². The highest BCUT2D eigenvalue weighted by Gasteiger charge is 2.03. The van der Waals surface area contributed by atoms with E-state index in [1.165, 1.54) is 4.88 Å². The van der Waals surface area contributed by atoms with E-state index in [4.69, 9.17) is 11.6 Å². The van der Waals surface area contributed by atoms with Crippen molar-refractivity contribution in [3.63, 3.8) is 0 Å². The van der Waals surface area contributed by atoms with Crippen molar-refractivity contribution in [1.82, 2.24) is 4.98 Å². The first-order chi connectivity index (χ1) is 9.22. The fourth-order valence-corrected chi connectivity index (χ4v) is 3.03. The number of anilines is 1. The minimum absolute atomic E-state index is 0.770. The minimum atomic E-state index is 0.770. The molecule has 0 saturated carbocycles. The number of nitrogens with zero attached hydrogens (tertiary/aromatic N) is 1. The van der Waals surface area contributed by atoms with Crippen molar-refractivity contribution < 1.29 is 0 Å². The molecule has 0 spiro atoms. The van der Waals surface area contributed by atoms with Crippen LogP contribution in [0.1, 0.15) is 10.6 Å². The van der Waals surface area contributed by atoms with Gasteiger partial charge in [0, 0.05) is 27.9 Å². The number of rotatable bonds is 3. The molecule has 0 unspecified atom stereocenters. The van der Waals surface area contributed by atoms with E-state index < -0.39 is 0 Å². The summed E-state index contributed by atoms with van der Waals surface area (Å²) < 4.78 is 0. The number of aromatic nitrogens is 1. The van der Waals surface area contributed by atoms with Gasteiger partial charge >= 0.3 is 0 Å². The molecule has 0 amide bonds. The summed E-state index contributed by atoms with van der Waals surface area (Å²) in [6.45, 7) is 2.78. The Bertz CT molecular complexity index is 721. The van der Waals surface area contributed by atoms with Crippen LogP contribution in [0.4, 0.5) is 5.69 Å². The van der Waals surface area contributed by atoms with Gasteiger partial charge in [0.05, 0.1) is 16.2 Å². The van der Waals surface area contributed by atoms with Crippen LogP contribution in [-0.2, 0) is 6.54 Å². The first-order valence-corrected chi connectivity index (χ1v) is 7.31. The predicted molar refractivity (Wildman–Crippen MR) is 83.1 cm³/mol. The minimum Gasteiger partial charge on any atom is -0.378 e. The van der Waals surface area contributed by atoms with E-state index in [0.717, 1.165) is 33.9 Å². The Labute approximate surface area is 121 Å². The van der Waals surface area contributed by atoms with E-state index >= 15 is 0 Å². The smallest absolute Gasteiger partial charge is 0.0936 e. The quantitative estimate of drug-likeness (QED) is 0.744. The maximum Gasteiger partial charge on any atom is 0.0936 e. The third-order valence-electron chi connectivity index (χ3n) is 2.93. The number of para-hydroxylation sites is 1. The Morgan fingerprint density at radius 2 is 2.16 bits per heavy atom. The monoisotopic (exact) mass is 288 g/mol. The molecule has 19 heavy (non-hydrogen) atoms. The molecule has 2 heterocycles. The Hall–Kier alpha value is -1.58. The van der Waals surface area contributed by atoms with Gasteiger partial charge in [0.15, 0.2) is 0 Å². The molecular formula is C15H13ClN2S. The van der Waals surface area contributed by atoms with Gasteiger partial charge in [-0.2, -0.15) is 0 Å². The van der Waals surface area contributed by atoms with Crippen LogP contribution in [0.2, 0.25) is 5.02 Å². The van der Waals surface area contributed by atoms with Crippen molar-refractivity contribution in [2.75, 3.05) is 5.32 Å². The van der Waals surface area contributed by atoms with Crippen molar-refractivity contribution in [1.29, 1.82) is 0 Å². The van der Waals surface area contributed by atoms with Crippen molar-refractivity contribution >= 4 is 39.5 Å². The topological polar surface area (TPSA) is 24.9 Å². The van der Waals surface area contributed by atoms with Crippen LogP contribution in [0.25, 0.3) is 10.9 Å². The molecule has 0 aliphatic heterocycles. The molecule has 3 rings (SSSR count). The summed E-state index contributed by atoms with van der Waals surface area (Å²) in [6, 6.07) is 12.3. The lowest BCUT2D eigenvalue weighted by atomic mass is 10.1. The van der Waals surface area contributed by atoms with Gasteiger partial charge in [-0.3, -0.25) is 4.98 Å². The Balaban J connectivity index is 1.90. The molecule has 0 aliphatic rings. The fourth-order valence-electron chi connectivity index (χ4n) is 2.02. The lowest BCUT2D eigenvalue weighted by Gasteiger charge is -2.08. The Kier molecular flexibility index (Phi) is 3.40.